The number of aromatic nitrogens is 1. The molecule has 1 N–H and O–H groups in total. The molecule has 0 saturated heterocycles. The SMILES string of the molecule is C=CCNC(=O)c1ccccc1-c1ncc(-c2cccc(OC)c2)o1. The summed E-state index contributed by atoms with van der Waals surface area (Å²) >= 11 is 0. The molecular weight excluding hydrogens is 316 g/mol. The van der Waals surface area contributed by atoms with Gasteiger partial charge < -0.3 is 14.5 Å². The van der Waals surface area contributed by atoms with Crippen molar-refractivity contribution in [2.24, 2.45) is 0 Å². The third-order valence-electron chi connectivity index (χ3n) is 3.67. The van der Waals surface area contributed by atoms with Gasteiger partial charge in [-0.1, -0.05) is 30.3 Å². The number of hydrogen-bond acceptors (Lipinski definition) is 4. The Morgan fingerprint density at radius 2 is 2.12 bits per heavy atom. The van der Waals surface area contributed by atoms with Crippen LogP contribution in [-0.4, -0.2) is 24.5 Å². The van der Waals surface area contributed by atoms with Crippen molar-refractivity contribution >= 4 is 5.91 Å². The quantitative estimate of drug-likeness (QED) is 0.694. The average molecular weight is 334 g/mol. The van der Waals surface area contributed by atoms with Gasteiger partial charge in [0.15, 0.2) is 5.76 Å². The van der Waals surface area contributed by atoms with E-state index in [1.165, 1.54) is 0 Å². The second-order valence-electron chi connectivity index (χ2n) is 5.31. The third kappa shape index (κ3) is 3.61. The maximum absolute atomic E-state index is 12.3. The Hall–Kier alpha value is -3.34. The standard InChI is InChI=1S/C20H18N2O3/c1-3-11-21-19(23)16-9-4-5-10-17(16)20-22-13-18(25-20)14-7-6-8-15(12-14)24-2/h3-10,12-13H,1,11H2,2H3,(H,21,23). The van der Waals surface area contributed by atoms with Crippen molar-refractivity contribution in [1.82, 2.24) is 10.3 Å². The lowest BCUT2D eigenvalue weighted by molar-refractivity contribution is 0.0958. The minimum Gasteiger partial charge on any atom is -0.497 e. The highest BCUT2D eigenvalue weighted by atomic mass is 16.5. The van der Waals surface area contributed by atoms with E-state index in [2.05, 4.69) is 16.9 Å². The molecular formula is C20H18N2O3. The zero-order chi connectivity index (χ0) is 17.6. The lowest BCUT2D eigenvalue weighted by atomic mass is 10.1. The Morgan fingerprint density at radius 1 is 1.28 bits per heavy atom. The Kier molecular flexibility index (Phi) is 4.95. The van der Waals surface area contributed by atoms with Gasteiger partial charge in [0.2, 0.25) is 5.89 Å². The van der Waals surface area contributed by atoms with E-state index in [0.717, 1.165) is 11.3 Å². The number of nitrogens with zero attached hydrogens (tertiary/aromatic N) is 1. The van der Waals surface area contributed by atoms with Gasteiger partial charge in [0.1, 0.15) is 5.75 Å². The predicted octanol–water partition coefficient (Wildman–Crippen LogP) is 3.93. The molecule has 1 heterocycles. The van der Waals surface area contributed by atoms with Crippen LogP contribution in [-0.2, 0) is 0 Å². The van der Waals surface area contributed by atoms with Crippen LogP contribution >= 0.6 is 0 Å². The van der Waals surface area contributed by atoms with Crippen molar-refractivity contribution < 1.29 is 13.9 Å². The second kappa shape index (κ2) is 7.49. The van der Waals surface area contributed by atoms with Gasteiger partial charge in [-0.05, 0) is 24.3 Å². The maximum atomic E-state index is 12.3. The van der Waals surface area contributed by atoms with Gasteiger partial charge in [-0.15, -0.1) is 6.58 Å². The molecule has 0 radical (unpaired) electrons. The summed E-state index contributed by atoms with van der Waals surface area (Å²) in [5.74, 6) is 1.54. The van der Waals surface area contributed by atoms with Gasteiger partial charge in [-0.25, -0.2) is 4.98 Å². The van der Waals surface area contributed by atoms with Crippen molar-refractivity contribution in [3.63, 3.8) is 0 Å². The lowest BCUT2D eigenvalue weighted by Gasteiger charge is -2.06. The van der Waals surface area contributed by atoms with Crippen molar-refractivity contribution in [3.8, 4) is 28.5 Å². The number of ether oxygens (including phenoxy) is 1. The first kappa shape index (κ1) is 16.5. The molecule has 0 spiro atoms. The summed E-state index contributed by atoms with van der Waals surface area (Å²) in [4.78, 5) is 16.6. The first-order chi connectivity index (χ1) is 12.2. The van der Waals surface area contributed by atoms with Crippen molar-refractivity contribution in [2.75, 3.05) is 13.7 Å². The highest BCUT2D eigenvalue weighted by Gasteiger charge is 2.16. The molecule has 0 saturated carbocycles. The highest BCUT2D eigenvalue weighted by molar-refractivity contribution is 6.00. The Balaban J connectivity index is 1.95. The second-order valence-corrected chi connectivity index (χ2v) is 5.31. The Morgan fingerprint density at radius 3 is 2.92 bits per heavy atom. The first-order valence-electron chi connectivity index (χ1n) is 7.81. The largest absolute Gasteiger partial charge is 0.497 e. The monoisotopic (exact) mass is 334 g/mol. The topological polar surface area (TPSA) is 64.4 Å². The molecule has 5 heteroatoms. The third-order valence-corrected chi connectivity index (χ3v) is 3.67. The molecule has 25 heavy (non-hydrogen) atoms. The van der Waals surface area contributed by atoms with Gasteiger partial charge >= 0.3 is 0 Å². The fourth-order valence-electron chi connectivity index (χ4n) is 2.44. The summed E-state index contributed by atoms with van der Waals surface area (Å²) in [6, 6.07) is 14.7. The normalized spacial score (nSPS) is 10.3. The highest BCUT2D eigenvalue weighted by Crippen LogP contribution is 2.29. The van der Waals surface area contributed by atoms with E-state index in [0.29, 0.717) is 29.3 Å². The molecule has 0 aliphatic heterocycles. The minimum absolute atomic E-state index is 0.198. The number of carbonyl (C=O) groups excluding carboxylic acids is 1. The summed E-state index contributed by atoms with van der Waals surface area (Å²) in [7, 11) is 1.61. The molecule has 0 unspecified atom stereocenters. The number of nitrogens with one attached hydrogen (secondary N) is 1. The van der Waals surface area contributed by atoms with Crippen LogP contribution in [0.15, 0.2) is 71.8 Å². The molecule has 126 valence electrons. The molecule has 0 aliphatic rings. The molecule has 0 fully saturated rings. The van der Waals surface area contributed by atoms with Crippen LogP contribution in [0.4, 0.5) is 0 Å². The van der Waals surface area contributed by atoms with Crippen molar-refractivity contribution in [2.45, 2.75) is 0 Å². The summed E-state index contributed by atoms with van der Waals surface area (Å²) in [6.45, 7) is 4.00. The maximum Gasteiger partial charge on any atom is 0.252 e. The van der Waals surface area contributed by atoms with Crippen LogP contribution in [0.2, 0.25) is 0 Å². The van der Waals surface area contributed by atoms with Gasteiger partial charge in [0, 0.05) is 17.7 Å². The number of oxazole rings is 1. The fourth-order valence-corrected chi connectivity index (χ4v) is 2.44. The van der Waals surface area contributed by atoms with Gasteiger partial charge in [0.25, 0.3) is 5.91 Å². The molecule has 0 aliphatic carbocycles. The van der Waals surface area contributed by atoms with Gasteiger partial charge in [-0.3, -0.25) is 4.79 Å². The van der Waals surface area contributed by atoms with Crippen LogP contribution in [0.25, 0.3) is 22.8 Å². The average Bonchev–Trinajstić information content (AvgIpc) is 3.16. The van der Waals surface area contributed by atoms with Crippen LogP contribution in [0.3, 0.4) is 0 Å². The van der Waals surface area contributed by atoms with Crippen LogP contribution < -0.4 is 10.1 Å². The zero-order valence-corrected chi connectivity index (χ0v) is 13.9. The first-order valence-corrected chi connectivity index (χ1v) is 7.81. The van der Waals surface area contributed by atoms with Gasteiger partial charge in [0.05, 0.1) is 18.9 Å². The summed E-state index contributed by atoms with van der Waals surface area (Å²) < 4.78 is 11.1. The van der Waals surface area contributed by atoms with E-state index in [1.807, 2.05) is 36.4 Å². The molecule has 1 amide bonds. The molecule has 0 bridgehead atoms. The Labute approximate surface area is 146 Å². The summed E-state index contributed by atoms with van der Waals surface area (Å²) in [5.41, 5.74) is 1.99. The smallest absolute Gasteiger partial charge is 0.252 e. The number of amides is 1. The van der Waals surface area contributed by atoms with E-state index in [-0.39, 0.29) is 5.91 Å². The van der Waals surface area contributed by atoms with Crippen molar-refractivity contribution in [3.05, 3.63) is 72.9 Å². The summed E-state index contributed by atoms with van der Waals surface area (Å²) in [5, 5.41) is 2.77. The summed E-state index contributed by atoms with van der Waals surface area (Å²) in [6.07, 6.45) is 3.27. The molecule has 0 atom stereocenters. The van der Waals surface area contributed by atoms with E-state index in [4.69, 9.17) is 9.15 Å². The van der Waals surface area contributed by atoms with E-state index in [9.17, 15) is 4.79 Å². The van der Waals surface area contributed by atoms with Crippen molar-refractivity contribution in [1.29, 1.82) is 0 Å². The van der Waals surface area contributed by atoms with Crippen LogP contribution in [0.5, 0.6) is 5.75 Å². The van der Waals surface area contributed by atoms with E-state index in [1.54, 1.807) is 31.5 Å². The molecule has 3 rings (SSSR count). The van der Waals surface area contributed by atoms with Crippen LogP contribution in [0, 0.1) is 0 Å². The Bertz CT molecular complexity index is 899. The zero-order valence-electron chi connectivity index (χ0n) is 13.9. The molecule has 5 nitrogen and oxygen atoms in total. The van der Waals surface area contributed by atoms with E-state index >= 15 is 0 Å². The van der Waals surface area contributed by atoms with Gasteiger partial charge in [-0.2, -0.15) is 0 Å². The molecule has 1 aromatic heterocycles. The number of methoxy groups -OCH3 is 1. The number of hydrogen-bond donors (Lipinski definition) is 1. The van der Waals surface area contributed by atoms with E-state index < -0.39 is 0 Å². The fraction of sp³-hybridized carbons (Fsp3) is 0.100. The number of rotatable bonds is 6. The lowest BCUT2D eigenvalue weighted by Crippen LogP contribution is -2.23. The van der Waals surface area contributed by atoms with Crippen LogP contribution in [0.1, 0.15) is 10.4 Å². The number of carbonyl (C=O) groups is 1. The minimum atomic E-state index is -0.198. The molecule has 2 aromatic carbocycles. The number of benzene rings is 2. The predicted molar refractivity (Wildman–Crippen MR) is 96.5 cm³/mol. The molecule has 3 aromatic rings.